The van der Waals surface area contributed by atoms with Crippen LogP contribution in [0.1, 0.15) is 27.0 Å². The van der Waals surface area contributed by atoms with Crippen LogP contribution in [0, 0.1) is 13.8 Å². The van der Waals surface area contributed by atoms with Crippen molar-refractivity contribution < 1.29 is 32.3 Å². The maximum atomic E-state index is 12.9. The molecule has 2 N–H and O–H groups in total. The van der Waals surface area contributed by atoms with Crippen molar-refractivity contribution in [3.8, 4) is 0 Å². The Kier molecular flexibility index (Phi) is 6.98. The first-order chi connectivity index (χ1) is 13.6. The minimum Gasteiger partial charge on any atom is -0.452 e. The van der Waals surface area contributed by atoms with E-state index in [2.05, 4.69) is 15.4 Å². The molecule has 0 spiro atoms. The van der Waals surface area contributed by atoms with Crippen LogP contribution in [0.15, 0.2) is 42.5 Å². The second kappa shape index (κ2) is 9.22. The molecule has 9 heteroatoms. The summed E-state index contributed by atoms with van der Waals surface area (Å²) in [5.74, 6) is -2.60. The molecule has 0 bridgehead atoms. The highest BCUT2D eigenvalue weighted by Crippen LogP contribution is 2.32. The average Bonchev–Trinajstić information content (AvgIpc) is 2.67. The van der Waals surface area contributed by atoms with Crippen molar-refractivity contribution in [3.05, 3.63) is 64.7 Å². The van der Waals surface area contributed by atoms with Crippen LogP contribution in [0.2, 0.25) is 0 Å². The normalized spacial score (nSPS) is 10.9. The molecule has 0 heterocycles. The quantitative estimate of drug-likeness (QED) is 0.719. The fraction of sp³-hybridized carbons (Fsp3) is 0.250. The van der Waals surface area contributed by atoms with Crippen molar-refractivity contribution in [2.24, 2.45) is 0 Å². The molecule has 0 fully saturated rings. The molecule has 2 aromatic carbocycles. The minimum atomic E-state index is -4.73. The van der Waals surface area contributed by atoms with Gasteiger partial charge in [0.15, 0.2) is 6.61 Å². The van der Waals surface area contributed by atoms with Crippen LogP contribution in [0.4, 0.5) is 18.9 Å². The number of carbonyl (C=O) groups is 3. The van der Waals surface area contributed by atoms with Crippen LogP contribution < -0.4 is 10.6 Å². The number of benzene rings is 2. The van der Waals surface area contributed by atoms with E-state index in [4.69, 9.17) is 0 Å². The standard InChI is InChI=1S/C20H19F3N2O4/c1-12-6-5-9-16(13(12)2)25-17(26)10-24-18(27)11-29-19(28)14-7-3-4-8-15(14)20(21,22)23/h3-9H,10-11H2,1-2H3,(H,24,27)(H,25,26). The summed E-state index contributed by atoms with van der Waals surface area (Å²) in [5, 5.41) is 4.87. The van der Waals surface area contributed by atoms with Gasteiger partial charge in [0, 0.05) is 5.69 Å². The number of hydrogen-bond donors (Lipinski definition) is 2. The van der Waals surface area contributed by atoms with Crippen molar-refractivity contribution in [2.75, 3.05) is 18.5 Å². The third-order valence-corrected chi connectivity index (χ3v) is 4.11. The zero-order valence-corrected chi connectivity index (χ0v) is 15.7. The van der Waals surface area contributed by atoms with Crippen molar-refractivity contribution >= 4 is 23.5 Å². The van der Waals surface area contributed by atoms with Gasteiger partial charge in [-0.15, -0.1) is 0 Å². The summed E-state index contributed by atoms with van der Waals surface area (Å²) in [6.07, 6.45) is -4.73. The van der Waals surface area contributed by atoms with Crippen molar-refractivity contribution in [1.29, 1.82) is 0 Å². The van der Waals surface area contributed by atoms with Gasteiger partial charge < -0.3 is 15.4 Å². The molecule has 0 aromatic heterocycles. The number of anilines is 1. The molecule has 0 aliphatic carbocycles. The van der Waals surface area contributed by atoms with E-state index >= 15 is 0 Å². The van der Waals surface area contributed by atoms with Gasteiger partial charge in [0.2, 0.25) is 5.91 Å². The number of halogens is 3. The number of esters is 1. The van der Waals surface area contributed by atoms with Crippen LogP contribution in [0.3, 0.4) is 0 Å². The Hall–Kier alpha value is -3.36. The Morgan fingerprint density at radius 1 is 0.966 bits per heavy atom. The van der Waals surface area contributed by atoms with Gasteiger partial charge in [-0.05, 0) is 43.2 Å². The lowest BCUT2D eigenvalue weighted by atomic mass is 10.1. The number of alkyl halides is 3. The van der Waals surface area contributed by atoms with Crippen LogP contribution in [-0.2, 0) is 20.5 Å². The Balaban J connectivity index is 1.85. The molecule has 154 valence electrons. The molecule has 0 unspecified atom stereocenters. The molecule has 0 saturated carbocycles. The fourth-order valence-electron chi connectivity index (χ4n) is 2.43. The summed E-state index contributed by atoms with van der Waals surface area (Å²) in [6.45, 7) is 2.52. The predicted octanol–water partition coefficient (Wildman–Crippen LogP) is 3.23. The smallest absolute Gasteiger partial charge is 0.417 e. The summed E-state index contributed by atoms with van der Waals surface area (Å²) < 4.78 is 43.4. The molecular weight excluding hydrogens is 389 g/mol. The molecule has 0 saturated heterocycles. The SMILES string of the molecule is Cc1cccc(NC(=O)CNC(=O)COC(=O)c2ccccc2C(F)(F)F)c1C. The van der Waals surface area contributed by atoms with Crippen LogP contribution in [0.5, 0.6) is 0 Å². The molecular formula is C20H19F3N2O4. The molecule has 2 rings (SSSR count). The van der Waals surface area contributed by atoms with Gasteiger partial charge in [0.1, 0.15) is 0 Å². The van der Waals surface area contributed by atoms with Crippen molar-refractivity contribution in [2.45, 2.75) is 20.0 Å². The zero-order chi connectivity index (χ0) is 21.6. The zero-order valence-electron chi connectivity index (χ0n) is 15.7. The van der Waals surface area contributed by atoms with Gasteiger partial charge in [-0.3, -0.25) is 9.59 Å². The van der Waals surface area contributed by atoms with Crippen LogP contribution in [-0.4, -0.2) is 30.9 Å². The van der Waals surface area contributed by atoms with Gasteiger partial charge in [0.25, 0.3) is 5.91 Å². The second-order valence-corrected chi connectivity index (χ2v) is 6.19. The van der Waals surface area contributed by atoms with E-state index in [0.717, 1.165) is 29.3 Å². The van der Waals surface area contributed by atoms with E-state index < -0.39 is 41.7 Å². The highest BCUT2D eigenvalue weighted by molar-refractivity contribution is 5.96. The number of amides is 2. The Labute approximate surface area is 165 Å². The third-order valence-electron chi connectivity index (χ3n) is 4.11. The average molecular weight is 408 g/mol. The maximum absolute atomic E-state index is 12.9. The maximum Gasteiger partial charge on any atom is 0.417 e. The van der Waals surface area contributed by atoms with Gasteiger partial charge in [-0.1, -0.05) is 24.3 Å². The number of nitrogens with one attached hydrogen (secondary N) is 2. The lowest BCUT2D eigenvalue weighted by molar-refractivity contribution is -0.138. The molecule has 2 aromatic rings. The molecule has 6 nitrogen and oxygen atoms in total. The predicted molar refractivity (Wildman–Crippen MR) is 99.3 cm³/mol. The highest BCUT2D eigenvalue weighted by Gasteiger charge is 2.35. The molecule has 0 aliphatic rings. The van der Waals surface area contributed by atoms with Gasteiger partial charge in [-0.2, -0.15) is 13.2 Å². The van der Waals surface area contributed by atoms with E-state index in [1.54, 1.807) is 12.1 Å². The third kappa shape index (κ3) is 6.06. The van der Waals surface area contributed by atoms with Crippen LogP contribution in [0.25, 0.3) is 0 Å². The van der Waals surface area contributed by atoms with Gasteiger partial charge in [-0.25, -0.2) is 4.79 Å². The molecule has 29 heavy (non-hydrogen) atoms. The summed E-state index contributed by atoms with van der Waals surface area (Å²) in [4.78, 5) is 35.6. The lowest BCUT2D eigenvalue weighted by Gasteiger charge is -2.12. The van der Waals surface area contributed by atoms with E-state index in [1.165, 1.54) is 6.07 Å². The minimum absolute atomic E-state index is 0.386. The van der Waals surface area contributed by atoms with E-state index in [1.807, 2.05) is 19.9 Å². The topological polar surface area (TPSA) is 84.5 Å². The summed E-state index contributed by atoms with van der Waals surface area (Å²) >= 11 is 0. The molecule has 0 radical (unpaired) electrons. The van der Waals surface area contributed by atoms with E-state index in [9.17, 15) is 27.6 Å². The largest absolute Gasteiger partial charge is 0.452 e. The first kappa shape index (κ1) is 21.9. The molecule has 0 aliphatic heterocycles. The van der Waals surface area contributed by atoms with Crippen LogP contribution >= 0.6 is 0 Å². The number of aryl methyl sites for hydroxylation is 1. The van der Waals surface area contributed by atoms with Gasteiger partial charge >= 0.3 is 12.1 Å². The Bertz CT molecular complexity index is 926. The fourth-order valence-corrected chi connectivity index (χ4v) is 2.43. The first-order valence-electron chi connectivity index (χ1n) is 8.55. The highest BCUT2D eigenvalue weighted by atomic mass is 19.4. The Morgan fingerprint density at radius 2 is 1.66 bits per heavy atom. The molecule has 2 amide bonds. The monoisotopic (exact) mass is 408 g/mol. The summed E-state index contributed by atoms with van der Waals surface area (Å²) in [6, 6.07) is 9.47. The van der Waals surface area contributed by atoms with Crippen molar-refractivity contribution in [3.63, 3.8) is 0 Å². The Morgan fingerprint density at radius 3 is 2.34 bits per heavy atom. The molecule has 0 atom stereocenters. The van der Waals surface area contributed by atoms with E-state index in [-0.39, 0.29) is 6.54 Å². The second-order valence-electron chi connectivity index (χ2n) is 6.19. The summed E-state index contributed by atoms with van der Waals surface area (Å²) in [7, 11) is 0. The lowest BCUT2D eigenvalue weighted by Crippen LogP contribution is -2.35. The van der Waals surface area contributed by atoms with Gasteiger partial charge in [0.05, 0.1) is 17.7 Å². The first-order valence-corrected chi connectivity index (χ1v) is 8.55. The van der Waals surface area contributed by atoms with Crippen molar-refractivity contribution in [1.82, 2.24) is 5.32 Å². The number of carbonyl (C=O) groups excluding carboxylic acids is 3. The number of ether oxygens (including phenoxy) is 1. The number of rotatable bonds is 6. The number of hydrogen-bond acceptors (Lipinski definition) is 4. The van der Waals surface area contributed by atoms with E-state index in [0.29, 0.717) is 5.69 Å². The summed E-state index contributed by atoms with van der Waals surface area (Å²) in [5.41, 5.74) is 0.612.